The molecule has 2 aromatic rings. The Morgan fingerprint density at radius 1 is 0.895 bits per heavy atom. The molecule has 0 fully saturated rings. The molecule has 1 N–H and O–H groups in total. The summed E-state index contributed by atoms with van der Waals surface area (Å²) in [6.45, 7) is 8.37. The van der Waals surface area contributed by atoms with Gasteiger partial charge in [-0.25, -0.2) is 9.97 Å². The summed E-state index contributed by atoms with van der Waals surface area (Å²) in [6.07, 6.45) is 0.499. The summed E-state index contributed by atoms with van der Waals surface area (Å²) < 4.78 is 0. The van der Waals surface area contributed by atoms with Gasteiger partial charge in [0.1, 0.15) is 5.82 Å². The van der Waals surface area contributed by atoms with E-state index in [1.807, 2.05) is 13.0 Å². The largest absolute Gasteiger partial charge is 0.396 e. The van der Waals surface area contributed by atoms with Gasteiger partial charge in [-0.15, -0.1) is 0 Å². The van der Waals surface area contributed by atoms with Gasteiger partial charge in [0.15, 0.2) is 0 Å². The Kier molecular flexibility index (Phi) is 3.96. The average Bonchev–Trinajstić information content (AvgIpc) is 2.33. The summed E-state index contributed by atoms with van der Waals surface area (Å²) in [4.78, 5) is 8.90. The highest BCUT2D eigenvalue weighted by Crippen LogP contribution is 2.25. The second-order valence-corrected chi connectivity index (χ2v) is 5.04. The summed E-state index contributed by atoms with van der Waals surface area (Å²) in [5.41, 5.74) is 6.80. The lowest BCUT2D eigenvalue weighted by Crippen LogP contribution is -2.02. The molecule has 2 rings (SSSR count). The molecular formula is C16H20N2O. The molecular weight excluding hydrogens is 236 g/mol. The fourth-order valence-electron chi connectivity index (χ4n) is 2.22. The molecule has 0 aliphatic heterocycles. The molecule has 100 valence electrons. The topological polar surface area (TPSA) is 46.0 Å². The number of aliphatic hydroxyl groups excluding tert-OH is 1. The fourth-order valence-corrected chi connectivity index (χ4v) is 2.22. The van der Waals surface area contributed by atoms with Crippen molar-refractivity contribution in [3.05, 3.63) is 46.4 Å². The molecule has 0 saturated heterocycles. The van der Waals surface area contributed by atoms with E-state index in [-0.39, 0.29) is 6.61 Å². The van der Waals surface area contributed by atoms with Crippen LogP contribution in [0, 0.1) is 27.7 Å². The molecule has 0 spiro atoms. The molecule has 1 heterocycles. The van der Waals surface area contributed by atoms with E-state index in [0.717, 1.165) is 17.0 Å². The highest BCUT2D eigenvalue weighted by Gasteiger charge is 2.08. The van der Waals surface area contributed by atoms with E-state index in [9.17, 15) is 0 Å². The number of aryl methyl sites for hydroxylation is 4. The van der Waals surface area contributed by atoms with Crippen LogP contribution in [-0.2, 0) is 6.42 Å². The Labute approximate surface area is 114 Å². The van der Waals surface area contributed by atoms with Crippen molar-refractivity contribution in [2.75, 3.05) is 6.61 Å². The zero-order valence-electron chi connectivity index (χ0n) is 12.0. The van der Waals surface area contributed by atoms with Crippen LogP contribution >= 0.6 is 0 Å². The molecule has 0 amide bonds. The van der Waals surface area contributed by atoms with Gasteiger partial charge in [-0.3, -0.25) is 0 Å². The van der Waals surface area contributed by atoms with Gasteiger partial charge in [0.2, 0.25) is 0 Å². The van der Waals surface area contributed by atoms with Crippen molar-refractivity contribution in [2.45, 2.75) is 34.1 Å². The highest BCUT2D eigenvalue weighted by atomic mass is 16.3. The predicted molar refractivity (Wildman–Crippen MR) is 77.2 cm³/mol. The maximum absolute atomic E-state index is 9.03. The van der Waals surface area contributed by atoms with Crippen LogP contribution in [0.3, 0.4) is 0 Å². The third kappa shape index (κ3) is 2.99. The highest BCUT2D eigenvalue weighted by molar-refractivity contribution is 5.65. The van der Waals surface area contributed by atoms with E-state index in [4.69, 9.17) is 5.11 Å². The summed E-state index contributed by atoms with van der Waals surface area (Å²) in [7, 11) is 0. The monoisotopic (exact) mass is 256 g/mol. The molecule has 0 unspecified atom stereocenters. The van der Waals surface area contributed by atoms with Gasteiger partial charge in [0.25, 0.3) is 0 Å². The molecule has 0 aliphatic carbocycles. The number of hydrogen-bond donors (Lipinski definition) is 1. The zero-order chi connectivity index (χ0) is 14.0. The van der Waals surface area contributed by atoms with E-state index in [0.29, 0.717) is 12.2 Å². The molecule has 0 aliphatic rings. The Balaban J connectivity index is 2.55. The van der Waals surface area contributed by atoms with Gasteiger partial charge in [-0.2, -0.15) is 0 Å². The lowest BCUT2D eigenvalue weighted by atomic mass is 9.98. The first-order valence-electron chi connectivity index (χ1n) is 6.55. The van der Waals surface area contributed by atoms with E-state index in [1.165, 1.54) is 16.7 Å². The van der Waals surface area contributed by atoms with E-state index in [2.05, 4.69) is 42.9 Å². The number of aromatic nitrogens is 2. The quantitative estimate of drug-likeness (QED) is 0.918. The van der Waals surface area contributed by atoms with Gasteiger partial charge in [0, 0.05) is 17.7 Å². The first-order chi connectivity index (χ1) is 9.01. The van der Waals surface area contributed by atoms with Crippen molar-refractivity contribution in [1.82, 2.24) is 9.97 Å². The van der Waals surface area contributed by atoms with E-state index >= 15 is 0 Å². The molecule has 0 atom stereocenters. The first kappa shape index (κ1) is 13.7. The van der Waals surface area contributed by atoms with Gasteiger partial charge < -0.3 is 5.11 Å². The zero-order valence-corrected chi connectivity index (χ0v) is 12.0. The SMILES string of the molecule is Cc1cc(-c2cc(C)c(C)cc2C)nc(CCO)n1. The number of benzene rings is 1. The lowest BCUT2D eigenvalue weighted by Gasteiger charge is -2.11. The van der Waals surface area contributed by atoms with Gasteiger partial charge in [-0.05, 0) is 56.5 Å². The minimum atomic E-state index is 0.0782. The molecule has 19 heavy (non-hydrogen) atoms. The fraction of sp³-hybridized carbons (Fsp3) is 0.375. The third-order valence-corrected chi connectivity index (χ3v) is 3.35. The summed E-state index contributed by atoms with van der Waals surface area (Å²) in [6, 6.07) is 6.36. The molecule has 0 saturated carbocycles. The Morgan fingerprint density at radius 2 is 1.58 bits per heavy atom. The van der Waals surface area contributed by atoms with E-state index in [1.54, 1.807) is 0 Å². The Bertz CT molecular complexity index is 606. The second-order valence-electron chi connectivity index (χ2n) is 5.04. The molecule has 1 aromatic heterocycles. The first-order valence-corrected chi connectivity index (χ1v) is 6.55. The number of rotatable bonds is 3. The van der Waals surface area contributed by atoms with Crippen LogP contribution in [0.5, 0.6) is 0 Å². The van der Waals surface area contributed by atoms with Gasteiger partial charge in [-0.1, -0.05) is 6.07 Å². The lowest BCUT2D eigenvalue weighted by molar-refractivity contribution is 0.296. The van der Waals surface area contributed by atoms with Crippen LogP contribution in [-0.4, -0.2) is 21.7 Å². The van der Waals surface area contributed by atoms with Crippen LogP contribution in [0.15, 0.2) is 18.2 Å². The normalized spacial score (nSPS) is 10.8. The molecule has 0 bridgehead atoms. The van der Waals surface area contributed by atoms with Crippen molar-refractivity contribution in [2.24, 2.45) is 0 Å². The predicted octanol–water partition coefficient (Wildman–Crippen LogP) is 2.91. The van der Waals surface area contributed by atoms with Crippen molar-refractivity contribution >= 4 is 0 Å². The minimum Gasteiger partial charge on any atom is -0.396 e. The number of aliphatic hydroxyl groups is 1. The summed E-state index contributed by atoms with van der Waals surface area (Å²) in [5, 5.41) is 9.03. The maximum atomic E-state index is 9.03. The Hall–Kier alpha value is -1.74. The van der Waals surface area contributed by atoms with Crippen LogP contribution in [0.1, 0.15) is 28.2 Å². The van der Waals surface area contributed by atoms with Crippen molar-refractivity contribution in [3.63, 3.8) is 0 Å². The van der Waals surface area contributed by atoms with Gasteiger partial charge in [0.05, 0.1) is 12.3 Å². The van der Waals surface area contributed by atoms with Crippen molar-refractivity contribution in [1.29, 1.82) is 0 Å². The second kappa shape index (κ2) is 5.49. The van der Waals surface area contributed by atoms with E-state index < -0.39 is 0 Å². The summed E-state index contributed by atoms with van der Waals surface area (Å²) in [5.74, 6) is 0.704. The minimum absolute atomic E-state index is 0.0782. The van der Waals surface area contributed by atoms with Crippen LogP contribution in [0.25, 0.3) is 11.3 Å². The van der Waals surface area contributed by atoms with Gasteiger partial charge >= 0.3 is 0 Å². The molecule has 1 aromatic carbocycles. The van der Waals surface area contributed by atoms with Crippen LogP contribution < -0.4 is 0 Å². The number of hydrogen-bond acceptors (Lipinski definition) is 3. The summed E-state index contributed by atoms with van der Waals surface area (Å²) >= 11 is 0. The van der Waals surface area contributed by atoms with Crippen molar-refractivity contribution in [3.8, 4) is 11.3 Å². The average molecular weight is 256 g/mol. The third-order valence-electron chi connectivity index (χ3n) is 3.35. The molecule has 0 radical (unpaired) electrons. The maximum Gasteiger partial charge on any atom is 0.131 e. The molecule has 3 heteroatoms. The molecule has 3 nitrogen and oxygen atoms in total. The van der Waals surface area contributed by atoms with Crippen LogP contribution in [0.4, 0.5) is 0 Å². The van der Waals surface area contributed by atoms with Crippen molar-refractivity contribution < 1.29 is 5.11 Å². The number of nitrogens with zero attached hydrogens (tertiary/aromatic N) is 2. The Morgan fingerprint density at radius 3 is 2.26 bits per heavy atom. The van der Waals surface area contributed by atoms with Crippen LogP contribution in [0.2, 0.25) is 0 Å². The smallest absolute Gasteiger partial charge is 0.131 e. The standard InChI is InChI=1S/C16H20N2O/c1-10-7-12(3)14(8-11(10)2)15-9-13(4)17-16(18-15)5-6-19/h7-9,19H,5-6H2,1-4H3.